The van der Waals surface area contributed by atoms with Gasteiger partial charge in [0.25, 0.3) is 0 Å². The second-order valence-electron chi connectivity index (χ2n) is 4.66. The van der Waals surface area contributed by atoms with Gasteiger partial charge in [-0.2, -0.15) is 0 Å². The summed E-state index contributed by atoms with van der Waals surface area (Å²) in [6.45, 7) is 0.175. The Balaban J connectivity index is 2.15. The predicted molar refractivity (Wildman–Crippen MR) is 76.9 cm³/mol. The van der Waals surface area contributed by atoms with Crippen molar-refractivity contribution in [2.45, 2.75) is 6.42 Å². The lowest BCUT2D eigenvalue weighted by molar-refractivity contribution is 0.299. The lowest BCUT2D eigenvalue weighted by Gasteiger charge is -2.03. The molecule has 19 heavy (non-hydrogen) atoms. The first-order valence-electron chi connectivity index (χ1n) is 6.41. The number of hydrogen-bond donors (Lipinski definition) is 1. The molecule has 3 heteroatoms. The van der Waals surface area contributed by atoms with Crippen molar-refractivity contribution >= 4 is 11.0 Å². The van der Waals surface area contributed by atoms with Crippen LogP contribution in [0.3, 0.4) is 0 Å². The fraction of sp³-hybridized carbons (Fsp3) is 0.188. The third-order valence-corrected chi connectivity index (χ3v) is 3.38. The Morgan fingerprint density at radius 3 is 2.63 bits per heavy atom. The summed E-state index contributed by atoms with van der Waals surface area (Å²) in [6.07, 6.45) is 0.682. The molecular formula is C16H16N2O. The second kappa shape index (κ2) is 4.86. The van der Waals surface area contributed by atoms with E-state index >= 15 is 0 Å². The van der Waals surface area contributed by atoms with Crippen LogP contribution in [0, 0.1) is 0 Å². The van der Waals surface area contributed by atoms with Gasteiger partial charge in [0.1, 0.15) is 5.82 Å². The van der Waals surface area contributed by atoms with Gasteiger partial charge in [0.15, 0.2) is 0 Å². The molecule has 3 rings (SSSR count). The molecule has 0 radical (unpaired) electrons. The van der Waals surface area contributed by atoms with Gasteiger partial charge in [-0.15, -0.1) is 0 Å². The molecule has 0 amide bonds. The summed E-state index contributed by atoms with van der Waals surface area (Å²) in [5.74, 6) is 0.969. The van der Waals surface area contributed by atoms with Gasteiger partial charge in [-0.1, -0.05) is 36.4 Å². The van der Waals surface area contributed by atoms with Crippen LogP contribution in [0.2, 0.25) is 0 Å². The van der Waals surface area contributed by atoms with Crippen LogP contribution in [0.1, 0.15) is 5.56 Å². The summed E-state index contributed by atoms with van der Waals surface area (Å²) in [6, 6.07) is 16.3. The van der Waals surface area contributed by atoms with E-state index in [0.29, 0.717) is 6.42 Å². The molecule has 0 aliphatic rings. The van der Waals surface area contributed by atoms with E-state index in [1.807, 2.05) is 37.4 Å². The SMILES string of the molecule is Cn1c(-c2ccccc2)nc2ccc(CCO)cc21. The highest BCUT2D eigenvalue weighted by atomic mass is 16.2. The van der Waals surface area contributed by atoms with Crippen molar-refractivity contribution in [3.8, 4) is 11.4 Å². The predicted octanol–water partition coefficient (Wildman–Crippen LogP) is 2.78. The first kappa shape index (κ1) is 11.9. The van der Waals surface area contributed by atoms with Crippen molar-refractivity contribution in [2.75, 3.05) is 6.61 Å². The minimum Gasteiger partial charge on any atom is -0.396 e. The fourth-order valence-electron chi connectivity index (χ4n) is 2.37. The van der Waals surface area contributed by atoms with E-state index in [2.05, 4.69) is 27.8 Å². The number of aryl methyl sites for hydroxylation is 1. The first-order valence-corrected chi connectivity index (χ1v) is 6.41. The molecule has 0 unspecified atom stereocenters. The maximum atomic E-state index is 9.02. The third-order valence-electron chi connectivity index (χ3n) is 3.38. The van der Waals surface area contributed by atoms with Gasteiger partial charge in [0, 0.05) is 19.2 Å². The number of fused-ring (bicyclic) bond motifs is 1. The minimum atomic E-state index is 0.175. The topological polar surface area (TPSA) is 38.0 Å². The number of aromatic nitrogens is 2. The summed E-state index contributed by atoms with van der Waals surface area (Å²) in [4.78, 5) is 4.68. The zero-order chi connectivity index (χ0) is 13.2. The molecular weight excluding hydrogens is 236 g/mol. The Bertz CT molecular complexity index is 701. The molecule has 1 aromatic heterocycles. The number of aliphatic hydroxyl groups excluding tert-OH is 1. The number of hydrogen-bond acceptors (Lipinski definition) is 2. The van der Waals surface area contributed by atoms with E-state index < -0.39 is 0 Å². The highest BCUT2D eigenvalue weighted by Gasteiger charge is 2.09. The molecule has 0 saturated carbocycles. The average Bonchev–Trinajstić information content (AvgIpc) is 2.78. The summed E-state index contributed by atoms with van der Waals surface area (Å²) in [5, 5.41) is 9.02. The van der Waals surface area contributed by atoms with Gasteiger partial charge in [0.2, 0.25) is 0 Å². The number of benzene rings is 2. The van der Waals surface area contributed by atoms with Gasteiger partial charge in [-0.25, -0.2) is 4.98 Å². The molecule has 0 atom stereocenters. The first-order chi connectivity index (χ1) is 9.29. The second-order valence-corrected chi connectivity index (χ2v) is 4.66. The quantitative estimate of drug-likeness (QED) is 0.778. The molecule has 0 aliphatic carbocycles. The van der Waals surface area contributed by atoms with Crippen LogP contribution >= 0.6 is 0 Å². The Morgan fingerprint density at radius 1 is 1.11 bits per heavy atom. The van der Waals surface area contributed by atoms with E-state index in [0.717, 1.165) is 28.0 Å². The highest BCUT2D eigenvalue weighted by molar-refractivity contribution is 5.81. The van der Waals surface area contributed by atoms with E-state index in [9.17, 15) is 0 Å². The van der Waals surface area contributed by atoms with E-state index in [1.165, 1.54) is 0 Å². The molecule has 96 valence electrons. The molecule has 0 aliphatic heterocycles. The summed E-state index contributed by atoms with van der Waals surface area (Å²) in [7, 11) is 2.03. The van der Waals surface area contributed by atoms with Crippen LogP contribution in [-0.2, 0) is 13.5 Å². The maximum Gasteiger partial charge on any atom is 0.140 e. The molecule has 0 fully saturated rings. The molecule has 0 saturated heterocycles. The van der Waals surface area contributed by atoms with Gasteiger partial charge in [-0.3, -0.25) is 0 Å². The van der Waals surface area contributed by atoms with E-state index in [4.69, 9.17) is 5.11 Å². The van der Waals surface area contributed by atoms with Gasteiger partial charge in [0.05, 0.1) is 11.0 Å². The Hall–Kier alpha value is -2.13. The molecule has 1 N–H and O–H groups in total. The van der Waals surface area contributed by atoms with Crippen molar-refractivity contribution in [1.82, 2.24) is 9.55 Å². The lowest BCUT2D eigenvalue weighted by atomic mass is 10.1. The van der Waals surface area contributed by atoms with Gasteiger partial charge in [-0.05, 0) is 24.1 Å². The molecule has 0 bridgehead atoms. The van der Waals surface area contributed by atoms with Crippen molar-refractivity contribution in [3.05, 3.63) is 54.1 Å². The summed E-state index contributed by atoms with van der Waals surface area (Å²) in [5.41, 5.74) is 4.34. The van der Waals surface area contributed by atoms with Crippen LogP contribution < -0.4 is 0 Å². The zero-order valence-electron chi connectivity index (χ0n) is 10.9. The van der Waals surface area contributed by atoms with Crippen LogP contribution in [0.25, 0.3) is 22.4 Å². The molecule has 3 aromatic rings. The monoisotopic (exact) mass is 252 g/mol. The van der Waals surface area contributed by atoms with Gasteiger partial charge < -0.3 is 9.67 Å². The van der Waals surface area contributed by atoms with Crippen molar-refractivity contribution in [2.24, 2.45) is 7.05 Å². The van der Waals surface area contributed by atoms with Crippen molar-refractivity contribution in [1.29, 1.82) is 0 Å². The number of nitrogens with zero attached hydrogens (tertiary/aromatic N) is 2. The highest BCUT2D eigenvalue weighted by Crippen LogP contribution is 2.24. The third kappa shape index (κ3) is 2.13. The van der Waals surface area contributed by atoms with Crippen LogP contribution in [0.4, 0.5) is 0 Å². The van der Waals surface area contributed by atoms with Crippen molar-refractivity contribution in [3.63, 3.8) is 0 Å². The lowest BCUT2D eigenvalue weighted by Crippen LogP contribution is -1.94. The van der Waals surface area contributed by atoms with Crippen LogP contribution in [-0.4, -0.2) is 21.3 Å². The minimum absolute atomic E-state index is 0.175. The molecule has 2 aromatic carbocycles. The summed E-state index contributed by atoms with van der Waals surface area (Å²) < 4.78 is 2.10. The van der Waals surface area contributed by atoms with Crippen molar-refractivity contribution < 1.29 is 5.11 Å². The number of imidazole rings is 1. The molecule has 0 spiro atoms. The Kier molecular flexibility index (Phi) is 3.05. The fourth-order valence-corrected chi connectivity index (χ4v) is 2.37. The van der Waals surface area contributed by atoms with Crippen LogP contribution in [0.15, 0.2) is 48.5 Å². The van der Waals surface area contributed by atoms with Crippen LogP contribution in [0.5, 0.6) is 0 Å². The number of rotatable bonds is 3. The zero-order valence-corrected chi connectivity index (χ0v) is 10.9. The normalized spacial score (nSPS) is 11.1. The smallest absolute Gasteiger partial charge is 0.140 e. The largest absolute Gasteiger partial charge is 0.396 e. The molecule has 1 heterocycles. The Morgan fingerprint density at radius 2 is 1.89 bits per heavy atom. The van der Waals surface area contributed by atoms with E-state index in [1.54, 1.807) is 0 Å². The standard InChI is InChI=1S/C16H16N2O/c1-18-15-11-12(9-10-19)7-8-14(15)17-16(18)13-5-3-2-4-6-13/h2-8,11,19H,9-10H2,1H3. The maximum absolute atomic E-state index is 9.02. The average molecular weight is 252 g/mol. The Labute approximate surface area is 112 Å². The number of aliphatic hydroxyl groups is 1. The van der Waals surface area contributed by atoms with E-state index in [-0.39, 0.29) is 6.61 Å². The molecule has 3 nitrogen and oxygen atoms in total. The summed E-state index contributed by atoms with van der Waals surface area (Å²) >= 11 is 0. The van der Waals surface area contributed by atoms with Gasteiger partial charge >= 0.3 is 0 Å².